The highest BCUT2D eigenvalue weighted by Gasteiger charge is 2.23. The van der Waals surface area contributed by atoms with Gasteiger partial charge in [0.25, 0.3) is 0 Å². The Hall–Kier alpha value is -2.51. The lowest BCUT2D eigenvalue weighted by molar-refractivity contribution is -0.385. The average Bonchev–Trinajstić information content (AvgIpc) is 2.62. The zero-order valence-electron chi connectivity index (χ0n) is 9.28. The van der Waals surface area contributed by atoms with Gasteiger partial charge in [0.15, 0.2) is 0 Å². The van der Waals surface area contributed by atoms with Crippen molar-refractivity contribution in [3.05, 3.63) is 33.8 Å². The SMILES string of the molecule is Cc1ccn(-c2nc(N)nc(C)c2[N+](=O)[O-])n1. The van der Waals surface area contributed by atoms with Crippen molar-refractivity contribution >= 4 is 11.6 Å². The van der Waals surface area contributed by atoms with Gasteiger partial charge in [-0.25, -0.2) is 9.67 Å². The first-order valence-electron chi connectivity index (χ1n) is 4.80. The van der Waals surface area contributed by atoms with E-state index in [9.17, 15) is 10.1 Å². The summed E-state index contributed by atoms with van der Waals surface area (Å²) in [6.45, 7) is 3.29. The molecule has 0 spiro atoms. The zero-order chi connectivity index (χ0) is 12.6. The number of hydrogen-bond donors (Lipinski definition) is 1. The quantitative estimate of drug-likeness (QED) is 0.606. The number of rotatable bonds is 2. The molecule has 0 bridgehead atoms. The highest BCUT2D eigenvalue weighted by molar-refractivity contribution is 5.52. The van der Waals surface area contributed by atoms with Crippen LogP contribution in [0, 0.1) is 24.0 Å². The van der Waals surface area contributed by atoms with Crippen molar-refractivity contribution in [2.24, 2.45) is 0 Å². The van der Waals surface area contributed by atoms with E-state index in [1.165, 1.54) is 11.6 Å². The number of nitrogens with two attached hydrogens (primary N) is 1. The Kier molecular flexibility index (Phi) is 2.47. The third-order valence-electron chi connectivity index (χ3n) is 2.18. The van der Waals surface area contributed by atoms with Gasteiger partial charge in [-0.05, 0) is 19.9 Å². The Morgan fingerprint density at radius 2 is 2.12 bits per heavy atom. The summed E-state index contributed by atoms with van der Waals surface area (Å²) in [7, 11) is 0. The fraction of sp³-hybridized carbons (Fsp3) is 0.222. The van der Waals surface area contributed by atoms with Gasteiger partial charge in [-0.3, -0.25) is 10.1 Å². The van der Waals surface area contributed by atoms with Crippen LogP contribution in [-0.4, -0.2) is 24.7 Å². The van der Waals surface area contributed by atoms with E-state index in [1.807, 2.05) is 0 Å². The smallest absolute Gasteiger partial charge is 0.334 e. The van der Waals surface area contributed by atoms with Crippen molar-refractivity contribution in [1.29, 1.82) is 0 Å². The van der Waals surface area contributed by atoms with Crippen molar-refractivity contribution in [1.82, 2.24) is 19.7 Å². The second kappa shape index (κ2) is 3.81. The van der Waals surface area contributed by atoms with Crippen LogP contribution in [-0.2, 0) is 0 Å². The standard InChI is InChI=1S/C9H10N6O2/c1-5-3-4-14(13-5)8-7(15(16)17)6(2)11-9(10)12-8/h3-4H,1-2H3,(H2,10,11,12). The van der Waals surface area contributed by atoms with Gasteiger partial charge in [0, 0.05) is 6.20 Å². The molecule has 0 amide bonds. The molecule has 0 unspecified atom stereocenters. The lowest BCUT2D eigenvalue weighted by Crippen LogP contribution is -2.09. The number of aryl methyl sites for hydroxylation is 2. The summed E-state index contributed by atoms with van der Waals surface area (Å²) in [5, 5.41) is 15.1. The summed E-state index contributed by atoms with van der Waals surface area (Å²) >= 11 is 0. The molecule has 0 fully saturated rings. The predicted molar refractivity (Wildman–Crippen MR) is 59.7 cm³/mol. The lowest BCUT2D eigenvalue weighted by Gasteiger charge is -2.04. The van der Waals surface area contributed by atoms with Gasteiger partial charge < -0.3 is 5.73 Å². The maximum Gasteiger partial charge on any atom is 0.334 e. The molecular formula is C9H10N6O2. The summed E-state index contributed by atoms with van der Waals surface area (Å²) < 4.78 is 1.32. The van der Waals surface area contributed by atoms with Crippen LogP contribution in [0.5, 0.6) is 0 Å². The normalized spacial score (nSPS) is 10.5. The Labute approximate surface area is 96.3 Å². The maximum atomic E-state index is 11.0. The Morgan fingerprint density at radius 3 is 2.65 bits per heavy atom. The first-order valence-corrected chi connectivity index (χ1v) is 4.80. The van der Waals surface area contributed by atoms with Crippen LogP contribution in [0.1, 0.15) is 11.4 Å². The molecule has 0 radical (unpaired) electrons. The Bertz CT molecular complexity index is 591. The summed E-state index contributed by atoms with van der Waals surface area (Å²) in [6.07, 6.45) is 1.59. The molecule has 0 aliphatic heterocycles. The van der Waals surface area contributed by atoms with Crippen molar-refractivity contribution in [3.8, 4) is 5.82 Å². The molecule has 0 aliphatic rings. The molecular weight excluding hydrogens is 224 g/mol. The molecule has 0 aromatic carbocycles. The Morgan fingerprint density at radius 1 is 1.41 bits per heavy atom. The number of hydrogen-bond acceptors (Lipinski definition) is 6. The second-order valence-electron chi connectivity index (χ2n) is 3.50. The molecule has 2 aromatic heterocycles. The zero-order valence-corrected chi connectivity index (χ0v) is 9.28. The highest BCUT2D eigenvalue weighted by atomic mass is 16.6. The number of aromatic nitrogens is 4. The van der Waals surface area contributed by atoms with E-state index in [-0.39, 0.29) is 23.1 Å². The monoisotopic (exact) mass is 234 g/mol. The number of anilines is 1. The van der Waals surface area contributed by atoms with E-state index in [2.05, 4.69) is 15.1 Å². The largest absolute Gasteiger partial charge is 0.368 e. The maximum absolute atomic E-state index is 11.0. The minimum absolute atomic E-state index is 0.0174. The first-order chi connectivity index (χ1) is 7.99. The highest BCUT2D eigenvalue weighted by Crippen LogP contribution is 2.24. The van der Waals surface area contributed by atoms with Gasteiger partial charge in [-0.1, -0.05) is 0 Å². The number of nitrogen functional groups attached to an aromatic ring is 1. The van der Waals surface area contributed by atoms with Gasteiger partial charge >= 0.3 is 5.69 Å². The Balaban J connectivity index is 2.71. The van der Waals surface area contributed by atoms with Gasteiger partial charge in [-0.2, -0.15) is 10.1 Å². The van der Waals surface area contributed by atoms with Crippen molar-refractivity contribution < 1.29 is 4.92 Å². The summed E-state index contributed by atoms with van der Waals surface area (Å²) in [4.78, 5) is 18.1. The van der Waals surface area contributed by atoms with E-state index in [0.29, 0.717) is 0 Å². The van der Waals surface area contributed by atoms with Gasteiger partial charge in [-0.15, -0.1) is 0 Å². The van der Waals surface area contributed by atoms with Crippen molar-refractivity contribution in [2.75, 3.05) is 5.73 Å². The summed E-state index contributed by atoms with van der Waals surface area (Å²) in [6, 6.07) is 1.72. The third-order valence-corrected chi connectivity index (χ3v) is 2.18. The minimum atomic E-state index is -0.541. The van der Waals surface area contributed by atoms with E-state index in [0.717, 1.165) is 5.69 Å². The van der Waals surface area contributed by atoms with Crippen LogP contribution >= 0.6 is 0 Å². The molecule has 0 atom stereocenters. The van der Waals surface area contributed by atoms with Gasteiger partial charge in [0.1, 0.15) is 5.69 Å². The molecule has 8 nitrogen and oxygen atoms in total. The molecule has 2 rings (SSSR count). The van der Waals surface area contributed by atoms with Crippen LogP contribution < -0.4 is 5.73 Å². The molecule has 88 valence electrons. The van der Waals surface area contributed by atoms with E-state index >= 15 is 0 Å². The predicted octanol–water partition coefficient (Wildman–Crippen LogP) is 0.770. The van der Waals surface area contributed by atoms with Gasteiger partial charge in [0.05, 0.1) is 10.6 Å². The second-order valence-corrected chi connectivity index (χ2v) is 3.50. The van der Waals surface area contributed by atoms with Crippen LogP contribution in [0.15, 0.2) is 12.3 Å². The minimum Gasteiger partial charge on any atom is -0.368 e. The molecule has 2 heterocycles. The lowest BCUT2D eigenvalue weighted by atomic mass is 10.3. The van der Waals surface area contributed by atoms with Crippen molar-refractivity contribution in [2.45, 2.75) is 13.8 Å². The van der Waals surface area contributed by atoms with Crippen molar-refractivity contribution in [3.63, 3.8) is 0 Å². The number of nitro groups is 1. The van der Waals surface area contributed by atoms with Crippen LogP contribution in [0.4, 0.5) is 11.6 Å². The van der Waals surface area contributed by atoms with E-state index in [4.69, 9.17) is 5.73 Å². The molecule has 2 aromatic rings. The summed E-state index contributed by atoms with van der Waals surface area (Å²) in [5.74, 6) is 0.0596. The van der Waals surface area contributed by atoms with E-state index in [1.54, 1.807) is 19.2 Å². The molecule has 0 saturated carbocycles. The third kappa shape index (κ3) is 1.92. The molecule has 8 heteroatoms. The molecule has 17 heavy (non-hydrogen) atoms. The molecule has 0 aliphatic carbocycles. The molecule has 0 saturated heterocycles. The molecule has 2 N–H and O–H groups in total. The summed E-state index contributed by atoms with van der Waals surface area (Å²) in [5.41, 5.74) is 6.24. The van der Waals surface area contributed by atoms with E-state index < -0.39 is 4.92 Å². The fourth-order valence-electron chi connectivity index (χ4n) is 1.48. The number of nitrogens with zero attached hydrogens (tertiary/aromatic N) is 5. The van der Waals surface area contributed by atoms with Crippen LogP contribution in [0.2, 0.25) is 0 Å². The van der Waals surface area contributed by atoms with Crippen LogP contribution in [0.25, 0.3) is 5.82 Å². The average molecular weight is 234 g/mol. The topological polar surface area (TPSA) is 113 Å². The van der Waals surface area contributed by atoms with Gasteiger partial charge in [0.2, 0.25) is 11.8 Å². The van der Waals surface area contributed by atoms with Crippen LogP contribution in [0.3, 0.4) is 0 Å². The first kappa shape index (κ1) is 11.0. The fourth-order valence-corrected chi connectivity index (χ4v) is 1.48.